The molecule has 1 heterocycles. The molecular formula is C21H19N3O5. The lowest BCUT2D eigenvalue weighted by molar-refractivity contribution is -0.384. The van der Waals surface area contributed by atoms with E-state index in [4.69, 9.17) is 4.74 Å². The van der Waals surface area contributed by atoms with Crippen molar-refractivity contribution in [3.8, 4) is 5.75 Å². The highest BCUT2D eigenvalue weighted by Crippen LogP contribution is 2.24. The first-order valence-electron chi connectivity index (χ1n) is 8.95. The molecule has 0 saturated heterocycles. The van der Waals surface area contributed by atoms with Gasteiger partial charge in [0, 0.05) is 18.3 Å². The lowest BCUT2D eigenvalue weighted by Crippen LogP contribution is -2.29. The van der Waals surface area contributed by atoms with Gasteiger partial charge in [-0.15, -0.1) is 0 Å². The Kier molecular flexibility index (Phi) is 6.03. The minimum atomic E-state index is -0.541. The van der Waals surface area contributed by atoms with Crippen molar-refractivity contribution >= 4 is 17.3 Å². The topological polar surface area (TPSA) is 103 Å². The van der Waals surface area contributed by atoms with Crippen LogP contribution in [0.1, 0.15) is 22.8 Å². The van der Waals surface area contributed by atoms with Crippen LogP contribution >= 0.6 is 0 Å². The number of hydrogen-bond acceptors (Lipinski definition) is 5. The van der Waals surface area contributed by atoms with Gasteiger partial charge in [0.05, 0.1) is 23.8 Å². The van der Waals surface area contributed by atoms with Crippen molar-refractivity contribution in [2.24, 2.45) is 0 Å². The number of para-hydroxylation sites is 2. The fourth-order valence-electron chi connectivity index (χ4n) is 2.79. The van der Waals surface area contributed by atoms with Crippen LogP contribution < -0.4 is 15.6 Å². The standard InChI is InChI=1S/C21H19N3O5/c1-2-29-19-8-4-3-7-18(19)22-20(25)17-6-5-13-23(21(17)26)14-15-9-11-16(12-10-15)24(27)28/h3-13H,2,14H2,1H3,(H,22,25). The number of hydrogen-bond donors (Lipinski definition) is 1. The first-order valence-corrected chi connectivity index (χ1v) is 8.95. The maximum Gasteiger partial charge on any atom is 0.269 e. The van der Waals surface area contributed by atoms with Gasteiger partial charge < -0.3 is 14.6 Å². The van der Waals surface area contributed by atoms with E-state index in [-0.39, 0.29) is 17.8 Å². The summed E-state index contributed by atoms with van der Waals surface area (Å²) in [4.78, 5) is 35.7. The number of non-ortho nitro benzene ring substituents is 1. The molecule has 2 aromatic carbocycles. The number of nitro benzene ring substituents is 1. The minimum Gasteiger partial charge on any atom is -0.492 e. The normalized spacial score (nSPS) is 10.4. The number of anilines is 1. The van der Waals surface area contributed by atoms with Crippen LogP contribution in [0.5, 0.6) is 5.75 Å². The van der Waals surface area contributed by atoms with E-state index < -0.39 is 16.4 Å². The molecule has 29 heavy (non-hydrogen) atoms. The Labute approximate surface area is 166 Å². The number of benzene rings is 2. The van der Waals surface area contributed by atoms with Crippen molar-refractivity contribution in [3.63, 3.8) is 0 Å². The molecule has 0 aliphatic carbocycles. The molecule has 1 amide bonds. The number of rotatable bonds is 7. The Bertz CT molecular complexity index is 1090. The van der Waals surface area contributed by atoms with Crippen LogP contribution in [0.4, 0.5) is 11.4 Å². The Balaban J connectivity index is 1.82. The van der Waals surface area contributed by atoms with Crippen molar-refractivity contribution in [1.29, 1.82) is 0 Å². The van der Waals surface area contributed by atoms with Crippen LogP contribution in [-0.2, 0) is 6.54 Å². The maximum atomic E-state index is 12.8. The van der Waals surface area contributed by atoms with E-state index >= 15 is 0 Å². The predicted molar refractivity (Wildman–Crippen MR) is 108 cm³/mol. The molecule has 3 aromatic rings. The van der Waals surface area contributed by atoms with E-state index in [1.54, 1.807) is 48.7 Å². The Morgan fingerprint density at radius 2 is 1.83 bits per heavy atom. The van der Waals surface area contributed by atoms with Crippen LogP contribution in [0, 0.1) is 10.1 Å². The lowest BCUT2D eigenvalue weighted by atomic mass is 10.2. The van der Waals surface area contributed by atoms with Crippen molar-refractivity contribution in [2.75, 3.05) is 11.9 Å². The zero-order valence-electron chi connectivity index (χ0n) is 15.7. The third-order valence-corrected chi connectivity index (χ3v) is 4.20. The molecule has 1 N–H and O–H groups in total. The maximum absolute atomic E-state index is 12.8. The summed E-state index contributed by atoms with van der Waals surface area (Å²) in [7, 11) is 0. The third-order valence-electron chi connectivity index (χ3n) is 4.20. The van der Waals surface area contributed by atoms with Crippen LogP contribution in [-0.4, -0.2) is 22.0 Å². The van der Waals surface area contributed by atoms with Crippen molar-refractivity contribution in [2.45, 2.75) is 13.5 Å². The fraction of sp³-hybridized carbons (Fsp3) is 0.143. The highest BCUT2D eigenvalue weighted by molar-refractivity contribution is 6.04. The molecule has 8 nitrogen and oxygen atoms in total. The SMILES string of the molecule is CCOc1ccccc1NC(=O)c1cccn(Cc2ccc([N+](=O)[O-])cc2)c1=O. The Morgan fingerprint density at radius 1 is 1.10 bits per heavy atom. The van der Waals surface area contributed by atoms with Gasteiger partial charge in [0.25, 0.3) is 17.2 Å². The number of aromatic nitrogens is 1. The smallest absolute Gasteiger partial charge is 0.269 e. The molecule has 8 heteroatoms. The third kappa shape index (κ3) is 4.67. The molecule has 0 fully saturated rings. The zero-order chi connectivity index (χ0) is 20.8. The van der Waals surface area contributed by atoms with Gasteiger partial charge in [-0.05, 0) is 36.8 Å². The van der Waals surface area contributed by atoms with Gasteiger partial charge in [-0.2, -0.15) is 0 Å². The van der Waals surface area contributed by atoms with Crippen LogP contribution in [0.25, 0.3) is 0 Å². The molecule has 0 bridgehead atoms. The number of carbonyl (C=O) groups excluding carboxylic acids is 1. The number of nitrogens with one attached hydrogen (secondary N) is 1. The Hall–Kier alpha value is -3.94. The van der Waals surface area contributed by atoms with E-state index in [2.05, 4.69) is 5.32 Å². The van der Waals surface area contributed by atoms with Gasteiger partial charge in [0.2, 0.25) is 0 Å². The fourth-order valence-corrected chi connectivity index (χ4v) is 2.79. The summed E-state index contributed by atoms with van der Waals surface area (Å²) in [5, 5.41) is 13.5. The number of ether oxygens (including phenoxy) is 1. The summed E-state index contributed by atoms with van der Waals surface area (Å²) < 4.78 is 6.87. The molecule has 0 spiro atoms. The molecule has 1 aromatic heterocycles. The summed E-state index contributed by atoms with van der Waals surface area (Å²) in [6.07, 6.45) is 1.56. The lowest BCUT2D eigenvalue weighted by Gasteiger charge is -2.12. The molecule has 3 rings (SSSR count). The highest BCUT2D eigenvalue weighted by atomic mass is 16.6. The number of amides is 1. The van der Waals surface area contributed by atoms with Gasteiger partial charge in [-0.1, -0.05) is 24.3 Å². The molecule has 0 atom stereocenters. The van der Waals surface area contributed by atoms with Crippen LogP contribution in [0.2, 0.25) is 0 Å². The van der Waals surface area contributed by atoms with Gasteiger partial charge in [0.15, 0.2) is 0 Å². The number of nitrogens with zero attached hydrogens (tertiary/aromatic N) is 2. The van der Waals surface area contributed by atoms with Crippen molar-refractivity contribution in [3.05, 3.63) is 98.5 Å². The zero-order valence-corrected chi connectivity index (χ0v) is 15.7. The highest BCUT2D eigenvalue weighted by Gasteiger charge is 2.15. The second kappa shape index (κ2) is 8.83. The number of carbonyl (C=O) groups is 1. The number of nitro groups is 1. The van der Waals surface area contributed by atoms with Crippen LogP contribution in [0.15, 0.2) is 71.7 Å². The van der Waals surface area contributed by atoms with Crippen molar-refractivity contribution < 1.29 is 14.5 Å². The second-order valence-electron chi connectivity index (χ2n) is 6.16. The van der Waals surface area contributed by atoms with E-state index in [0.717, 1.165) is 0 Å². The first kappa shape index (κ1) is 19.8. The Morgan fingerprint density at radius 3 is 2.52 bits per heavy atom. The summed E-state index contributed by atoms with van der Waals surface area (Å²) in [5.41, 5.74) is 0.682. The van der Waals surface area contributed by atoms with Gasteiger partial charge in [-0.3, -0.25) is 19.7 Å². The van der Waals surface area contributed by atoms with E-state index in [1.165, 1.54) is 22.8 Å². The number of pyridine rings is 1. The van der Waals surface area contributed by atoms with Gasteiger partial charge in [-0.25, -0.2) is 0 Å². The summed E-state index contributed by atoms with van der Waals surface area (Å²) in [5.74, 6) is -0.0225. The average Bonchev–Trinajstić information content (AvgIpc) is 2.71. The molecule has 0 aliphatic heterocycles. The predicted octanol–water partition coefficient (Wildman–Crippen LogP) is 3.46. The first-order chi connectivity index (χ1) is 14.0. The molecule has 148 valence electrons. The van der Waals surface area contributed by atoms with Crippen molar-refractivity contribution in [1.82, 2.24) is 4.57 Å². The van der Waals surface area contributed by atoms with E-state index in [1.807, 2.05) is 6.92 Å². The monoisotopic (exact) mass is 393 g/mol. The van der Waals surface area contributed by atoms with E-state index in [0.29, 0.717) is 23.6 Å². The van der Waals surface area contributed by atoms with Crippen LogP contribution in [0.3, 0.4) is 0 Å². The average molecular weight is 393 g/mol. The second-order valence-corrected chi connectivity index (χ2v) is 6.16. The molecule has 0 unspecified atom stereocenters. The summed E-state index contributed by atoms with van der Waals surface area (Å²) in [6, 6.07) is 16.0. The molecule has 0 saturated carbocycles. The largest absolute Gasteiger partial charge is 0.492 e. The molecule has 0 radical (unpaired) electrons. The quantitative estimate of drug-likeness (QED) is 0.489. The molecular weight excluding hydrogens is 374 g/mol. The van der Waals surface area contributed by atoms with Gasteiger partial charge >= 0.3 is 0 Å². The summed E-state index contributed by atoms with van der Waals surface area (Å²) >= 11 is 0. The minimum absolute atomic E-state index is 0.0132. The molecule has 0 aliphatic rings. The summed E-state index contributed by atoms with van der Waals surface area (Å²) in [6.45, 7) is 2.47. The van der Waals surface area contributed by atoms with Gasteiger partial charge in [0.1, 0.15) is 11.3 Å². The van der Waals surface area contributed by atoms with E-state index in [9.17, 15) is 19.7 Å².